The van der Waals surface area contributed by atoms with Crippen LogP contribution in [0.2, 0.25) is 0 Å². The molecule has 0 unspecified atom stereocenters. The van der Waals surface area contributed by atoms with E-state index in [9.17, 15) is 13.2 Å². The van der Waals surface area contributed by atoms with E-state index in [0.29, 0.717) is 11.5 Å². The van der Waals surface area contributed by atoms with Crippen molar-refractivity contribution in [2.75, 3.05) is 0 Å². The summed E-state index contributed by atoms with van der Waals surface area (Å²) >= 11 is 2.20. The van der Waals surface area contributed by atoms with Crippen LogP contribution in [0.1, 0.15) is 11.5 Å². The Labute approximate surface area is 144 Å². The summed E-state index contributed by atoms with van der Waals surface area (Å²) in [5, 5.41) is 0. The van der Waals surface area contributed by atoms with E-state index in [4.69, 9.17) is 4.42 Å². The SMILES string of the molecule is Cc1oc(-c2ccc(-c3ccc(F)c(F)c3F)cc2)nc1CI. The molecular weight excluding hydrogens is 418 g/mol. The van der Waals surface area contributed by atoms with E-state index in [2.05, 4.69) is 27.6 Å². The highest BCUT2D eigenvalue weighted by atomic mass is 127. The van der Waals surface area contributed by atoms with E-state index in [-0.39, 0.29) is 5.56 Å². The summed E-state index contributed by atoms with van der Waals surface area (Å²) in [5.41, 5.74) is 2.06. The quantitative estimate of drug-likeness (QED) is 0.305. The molecule has 0 bridgehead atoms. The summed E-state index contributed by atoms with van der Waals surface area (Å²) in [6, 6.07) is 8.78. The Kier molecular flexibility index (Phi) is 4.43. The number of aromatic nitrogens is 1. The zero-order chi connectivity index (χ0) is 16.6. The molecule has 3 rings (SSSR count). The smallest absolute Gasteiger partial charge is 0.226 e. The Hall–Kier alpha value is -1.83. The van der Waals surface area contributed by atoms with Crippen LogP contribution in [0.3, 0.4) is 0 Å². The van der Waals surface area contributed by atoms with Crippen molar-refractivity contribution in [1.29, 1.82) is 0 Å². The average molecular weight is 429 g/mol. The molecule has 6 heteroatoms. The third-order valence-electron chi connectivity index (χ3n) is 3.50. The van der Waals surface area contributed by atoms with Gasteiger partial charge in [-0.05, 0) is 36.8 Å². The summed E-state index contributed by atoms with van der Waals surface area (Å²) in [6.45, 7) is 1.84. The standard InChI is InChI=1S/C17H11F3INO/c1-9-14(8-21)22-17(23-9)11-4-2-10(3-5-11)12-6-7-13(18)16(20)15(12)19/h2-7H,8H2,1H3. The van der Waals surface area contributed by atoms with Crippen molar-refractivity contribution in [3.05, 3.63) is 65.3 Å². The van der Waals surface area contributed by atoms with Crippen molar-refractivity contribution in [2.45, 2.75) is 11.4 Å². The fourth-order valence-electron chi connectivity index (χ4n) is 2.22. The molecule has 0 fully saturated rings. The number of nitrogens with zero attached hydrogens (tertiary/aromatic N) is 1. The first-order valence-corrected chi connectivity index (χ1v) is 8.30. The van der Waals surface area contributed by atoms with Gasteiger partial charge in [0, 0.05) is 15.6 Å². The lowest BCUT2D eigenvalue weighted by molar-refractivity contribution is 0.449. The number of halogens is 4. The molecule has 0 amide bonds. The first kappa shape index (κ1) is 16.0. The molecule has 118 valence electrons. The van der Waals surface area contributed by atoms with E-state index in [1.54, 1.807) is 24.3 Å². The minimum Gasteiger partial charge on any atom is -0.441 e. The van der Waals surface area contributed by atoms with Gasteiger partial charge >= 0.3 is 0 Å². The van der Waals surface area contributed by atoms with Gasteiger partial charge in [0.15, 0.2) is 17.5 Å². The van der Waals surface area contributed by atoms with Crippen LogP contribution in [0.15, 0.2) is 40.8 Å². The lowest BCUT2D eigenvalue weighted by Gasteiger charge is -2.05. The van der Waals surface area contributed by atoms with Crippen molar-refractivity contribution < 1.29 is 17.6 Å². The van der Waals surface area contributed by atoms with Gasteiger partial charge in [-0.1, -0.05) is 34.7 Å². The fraction of sp³-hybridized carbons (Fsp3) is 0.118. The highest BCUT2D eigenvalue weighted by Crippen LogP contribution is 2.29. The number of rotatable bonds is 3. The Morgan fingerprint density at radius 1 is 0.957 bits per heavy atom. The maximum Gasteiger partial charge on any atom is 0.226 e. The molecule has 2 nitrogen and oxygen atoms in total. The zero-order valence-corrected chi connectivity index (χ0v) is 14.2. The van der Waals surface area contributed by atoms with Crippen LogP contribution in [0.4, 0.5) is 13.2 Å². The van der Waals surface area contributed by atoms with Crippen molar-refractivity contribution >= 4 is 22.6 Å². The number of benzene rings is 2. The summed E-state index contributed by atoms with van der Waals surface area (Å²) < 4.78 is 46.5. The van der Waals surface area contributed by atoms with Gasteiger partial charge in [0.2, 0.25) is 5.89 Å². The second kappa shape index (κ2) is 6.35. The minimum absolute atomic E-state index is 0.00647. The predicted octanol–water partition coefficient (Wildman–Crippen LogP) is 5.67. The maximum absolute atomic E-state index is 13.8. The molecule has 1 heterocycles. The lowest BCUT2D eigenvalue weighted by Crippen LogP contribution is -1.93. The largest absolute Gasteiger partial charge is 0.441 e. The summed E-state index contributed by atoms with van der Waals surface area (Å²) in [7, 11) is 0. The van der Waals surface area contributed by atoms with Gasteiger partial charge in [-0.15, -0.1) is 0 Å². The van der Waals surface area contributed by atoms with Gasteiger partial charge in [0.25, 0.3) is 0 Å². The topological polar surface area (TPSA) is 26.0 Å². The van der Waals surface area contributed by atoms with E-state index in [1.165, 1.54) is 6.07 Å². The van der Waals surface area contributed by atoms with Crippen LogP contribution < -0.4 is 0 Å². The second-order valence-corrected chi connectivity index (χ2v) is 5.72. The van der Waals surface area contributed by atoms with E-state index >= 15 is 0 Å². The van der Waals surface area contributed by atoms with Crippen LogP contribution in [0, 0.1) is 24.4 Å². The number of hydrogen-bond acceptors (Lipinski definition) is 2. The molecular formula is C17H11F3INO. The van der Waals surface area contributed by atoms with E-state index in [0.717, 1.165) is 27.5 Å². The van der Waals surface area contributed by atoms with Crippen LogP contribution in [-0.2, 0) is 4.43 Å². The summed E-state index contributed by atoms with van der Waals surface area (Å²) in [5.74, 6) is -2.64. The van der Waals surface area contributed by atoms with E-state index in [1.807, 2.05) is 6.92 Å². The normalized spacial score (nSPS) is 11.0. The monoisotopic (exact) mass is 429 g/mol. The molecule has 3 aromatic rings. The van der Waals surface area contributed by atoms with Gasteiger partial charge < -0.3 is 4.42 Å². The molecule has 0 saturated heterocycles. The fourth-order valence-corrected chi connectivity index (χ4v) is 2.92. The molecule has 1 aromatic heterocycles. The molecule has 0 atom stereocenters. The highest BCUT2D eigenvalue weighted by molar-refractivity contribution is 14.1. The Morgan fingerprint density at radius 3 is 2.22 bits per heavy atom. The van der Waals surface area contributed by atoms with Gasteiger partial charge in [-0.2, -0.15) is 0 Å². The molecule has 0 radical (unpaired) electrons. The minimum atomic E-state index is -1.47. The van der Waals surface area contributed by atoms with E-state index < -0.39 is 17.5 Å². The lowest BCUT2D eigenvalue weighted by atomic mass is 10.0. The van der Waals surface area contributed by atoms with Crippen molar-refractivity contribution in [3.63, 3.8) is 0 Å². The zero-order valence-electron chi connectivity index (χ0n) is 12.0. The Morgan fingerprint density at radius 2 is 1.61 bits per heavy atom. The second-order valence-electron chi connectivity index (χ2n) is 4.96. The molecule has 0 spiro atoms. The van der Waals surface area contributed by atoms with Gasteiger partial charge in [0.05, 0.1) is 5.69 Å². The van der Waals surface area contributed by atoms with Gasteiger partial charge in [-0.25, -0.2) is 18.2 Å². The molecule has 23 heavy (non-hydrogen) atoms. The summed E-state index contributed by atoms with van der Waals surface area (Å²) in [4.78, 5) is 4.39. The average Bonchev–Trinajstić information content (AvgIpc) is 2.94. The molecule has 0 aliphatic heterocycles. The highest BCUT2D eigenvalue weighted by Gasteiger charge is 2.15. The first-order chi connectivity index (χ1) is 11.0. The van der Waals surface area contributed by atoms with Crippen LogP contribution in [0.5, 0.6) is 0 Å². The predicted molar refractivity (Wildman–Crippen MR) is 89.7 cm³/mol. The van der Waals surface area contributed by atoms with Crippen molar-refractivity contribution in [3.8, 4) is 22.6 Å². The molecule has 0 N–H and O–H groups in total. The molecule has 0 aliphatic carbocycles. The van der Waals surface area contributed by atoms with Crippen LogP contribution >= 0.6 is 22.6 Å². The van der Waals surface area contributed by atoms with Gasteiger partial charge in [-0.3, -0.25) is 0 Å². The first-order valence-electron chi connectivity index (χ1n) is 6.78. The number of oxazole rings is 1. The van der Waals surface area contributed by atoms with Gasteiger partial charge in [0.1, 0.15) is 5.76 Å². The third kappa shape index (κ3) is 2.99. The molecule has 0 saturated carbocycles. The Bertz CT molecular complexity index is 859. The Balaban J connectivity index is 1.98. The third-order valence-corrected chi connectivity index (χ3v) is 4.22. The molecule has 0 aliphatic rings. The van der Waals surface area contributed by atoms with Crippen molar-refractivity contribution in [2.24, 2.45) is 0 Å². The maximum atomic E-state index is 13.8. The summed E-state index contributed by atoms with van der Waals surface area (Å²) in [6.07, 6.45) is 0. The van der Waals surface area contributed by atoms with Crippen LogP contribution in [-0.4, -0.2) is 4.98 Å². The molecule has 2 aromatic carbocycles. The van der Waals surface area contributed by atoms with Crippen molar-refractivity contribution in [1.82, 2.24) is 4.98 Å². The number of aryl methyl sites for hydroxylation is 1. The van der Waals surface area contributed by atoms with Crippen LogP contribution in [0.25, 0.3) is 22.6 Å². The number of alkyl halides is 1. The number of hydrogen-bond donors (Lipinski definition) is 0.